The van der Waals surface area contributed by atoms with Crippen molar-refractivity contribution in [2.24, 2.45) is 0 Å². The van der Waals surface area contributed by atoms with E-state index in [1.54, 1.807) is 0 Å². The Morgan fingerprint density at radius 2 is 2.00 bits per heavy atom. The van der Waals surface area contributed by atoms with Gasteiger partial charge in [-0.2, -0.15) is 0 Å². The minimum atomic E-state index is -2.77. The van der Waals surface area contributed by atoms with Crippen LogP contribution in [0.4, 0.5) is 8.78 Å². The van der Waals surface area contributed by atoms with E-state index in [4.69, 9.17) is 11.6 Å². The van der Waals surface area contributed by atoms with Gasteiger partial charge in [0.15, 0.2) is 0 Å². The average molecular weight is 233 g/mol. The van der Waals surface area contributed by atoms with Gasteiger partial charge in [-0.1, -0.05) is 11.6 Å². The summed E-state index contributed by atoms with van der Waals surface area (Å²) in [6, 6.07) is 3.15. The molecule has 14 heavy (non-hydrogen) atoms. The molecule has 0 heterocycles. The fourth-order valence-corrected chi connectivity index (χ4v) is 1.40. The van der Waals surface area contributed by atoms with Crippen molar-refractivity contribution in [3.8, 4) is 0 Å². The molecule has 0 N–H and O–H groups in total. The SMILES string of the molecule is O=S([O-])c1ccc(Cl)c(C(F)F)c1.[Li+]. The molecule has 0 aliphatic carbocycles. The first-order valence-corrected chi connectivity index (χ1v) is 4.64. The third-order valence-electron chi connectivity index (χ3n) is 1.40. The van der Waals surface area contributed by atoms with Crippen LogP contribution in [0.5, 0.6) is 0 Å². The van der Waals surface area contributed by atoms with E-state index in [0.29, 0.717) is 0 Å². The van der Waals surface area contributed by atoms with Crippen molar-refractivity contribution < 1.29 is 36.4 Å². The van der Waals surface area contributed by atoms with E-state index in [-0.39, 0.29) is 28.8 Å². The zero-order valence-electron chi connectivity index (χ0n) is 7.17. The van der Waals surface area contributed by atoms with Gasteiger partial charge in [0.05, 0.1) is 0 Å². The third kappa shape index (κ3) is 3.34. The van der Waals surface area contributed by atoms with Gasteiger partial charge >= 0.3 is 18.9 Å². The molecule has 0 amide bonds. The zero-order chi connectivity index (χ0) is 10.0. The summed E-state index contributed by atoms with van der Waals surface area (Å²) in [5.41, 5.74) is -0.469. The van der Waals surface area contributed by atoms with E-state index in [1.165, 1.54) is 0 Å². The molecule has 72 valence electrons. The zero-order valence-corrected chi connectivity index (χ0v) is 8.74. The second-order valence-electron chi connectivity index (χ2n) is 2.22. The molecule has 1 atom stereocenters. The Hall–Kier alpha value is 0.0774. The largest absolute Gasteiger partial charge is 1.00 e. The van der Waals surface area contributed by atoms with Gasteiger partial charge in [0, 0.05) is 15.5 Å². The van der Waals surface area contributed by atoms with E-state index >= 15 is 0 Å². The van der Waals surface area contributed by atoms with Crippen molar-refractivity contribution in [1.29, 1.82) is 0 Å². The van der Waals surface area contributed by atoms with Crippen LogP contribution in [0.3, 0.4) is 0 Å². The molecule has 0 fully saturated rings. The minimum Gasteiger partial charge on any atom is -0.768 e. The molecule has 0 radical (unpaired) electrons. The molecular weight excluding hydrogens is 229 g/mol. The predicted molar refractivity (Wildman–Crippen MR) is 43.6 cm³/mol. The molecule has 0 saturated carbocycles. The summed E-state index contributed by atoms with van der Waals surface area (Å²) >= 11 is 2.91. The molecule has 0 aliphatic rings. The quantitative estimate of drug-likeness (QED) is 0.510. The Balaban J connectivity index is 0.00000169. The summed E-state index contributed by atoms with van der Waals surface area (Å²) in [6.45, 7) is 0. The van der Waals surface area contributed by atoms with Crippen LogP contribution in [0, 0.1) is 0 Å². The monoisotopic (exact) mass is 232 g/mol. The number of hydrogen-bond acceptors (Lipinski definition) is 2. The Morgan fingerprint density at radius 1 is 1.43 bits per heavy atom. The molecule has 7 heteroatoms. The summed E-state index contributed by atoms with van der Waals surface area (Å²) in [5.74, 6) is 0. The first kappa shape index (κ1) is 14.1. The normalized spacial score (nSPS) is 12.4. The summed E-state index contributed by atoms with van der Waals surface area (Å²) in [6.07, 6.45) is -2.77. The number of benzene rings is 1. The van der Waals surface area contributed by atoms with Crippen LogP contribution in [0.2, 0.25) is 5.02 Å². The number of hydrogen-bond donors (Lipinski definition) is 0. The van der Waals surface area contributed by atoms with E-state index < -0.39 is 23.1 Å². The Kier molecular flexibility index (Phi) is 5.87. The molecule has 1 rings (SSSR count). The van der Waals surface area contributed by atoms with Crippen molar-refractivity contribution in [2.75, 3.05) is 0 Å². The molecule has 2 nitrogen and oxygen atoms in total. The first-order chi connectivity index (χ1) is 6.02. The van der Waals surface area contributed by atoms with Crippen molar-refractivity contribution in [3.63, 3.8) is 0 Å². The fraction of sp³-hybridized carbons (Fsp3) is 0.143. The van der Waals surface area contributed by atoms with Crippen LogP contribution >= 0.6 is 11.6 Å². The van der Waals surface area contributed by atoms with Crippen molar-refractivity contribution in [1.82, 2.24) is 0 Å². The summed E-state index contributed by atoms with van der Waals surface area (Å²) in [7, 11) is 0. The molecule has 1 aromatic carbocycles. The number of halogens is 3. The molecular formula is C7H4ClF2LiO2S. The standard InChI is InChI=1S/C7H5ClF2O2S.Li/c8-6-2-1-4(13(11)12)3-5(6)7(9)10;/h1-3,7H,(H,11,12);/q;+1/p-1. The molecule has 0 bridgehead atoms. The van der Waals surface area contributed by atoms with Gasteiger partial charge in [-0.25, -0.2) is 8.78 Å². The number of rotatable bonds is 2. The van der Waals surface area contributed by atoms with E-state index in [2.05, 4.69) is 0 Å². The van der Waals surface area contributed by atoms with E-state index in [9.17, 15) is 17.5 Å². The Bertz CT molecular complexity index is 348. The summed E-state index contributed by atoms with van der Waals surface area (Å²) in [5, 5.41) is -0.135. The Morgan fingerprint density at radius 3 is 2.43 bits per heavy atom. The molecule has 0 aromatic heterocycles. The molecule has 0 saturated heterocycles. The van der Waals surface area contributed by atoms with Crippen LogP contribution in [-0.4, -0.2) is 8.76 Å². The molecule has 0 spiro atoms. The van der Waals surface area contributed by atoms with Gasteiger partial charge in [-0.05, 0) is 29.3 Å². The third-order valence-corrected chi connectivity index (χ3v) is 2.38. The first-order valence-electron chi connectivity index (χ1n) is 3.19. The van der Waals surface area contributed by atoms with Gasteiger partial charge in [-0.3, -0.25) is 4.21 Å². The summed E-state index contributed by atoms with van der Waals surface area (Å²) < 4.78 is 45.2. The van der Waals surface area contributed by atoms with Gasteiger partial charge in [0.25, 0.3) is 6.43 Å². The van der Waals surface area contributed by atoms with Crippen molar-refractivity contribution in [2.45, 2.75) is 11.3 Å². The van der Waals surface area contributed by atoms with Crippen molar-refractivity contribution >= 4 is 22.7 Å². The van der Waals surface area contributed by atoms with Crippen LogP contribution < -0.4 is 18.9 Å². The van der Waals surface area contributed by atoms with Gasteiger partial charge in [-0.15, -0.1) is 0 Å². The second kappa shape index (κ2) is 5.84. The van der Waals surface area contributed by atoms with Crippen LogP contribution in [0.1, 0.15) is 12.0 Å². The fourth-order valence-electron chi connectivity index (χ4n) is 0.793. The van der Waals surface area contributed by atoms with E-state index in [1.807, 2.05) is 0 Å². The Labute approximate surface area is 99.1 Å². The van der Waals surface area contributed by atoms with Crippen molar-refractivity contribution in [3.05, 3.63) is 28.8 Å². The molecule has 1 unspecified atom stereocenters. The molecule has 1 aromatic rings. The van der Waals surface area contributed by atoms with E-state index in [0.717, 1.165) is 18.2 Å². The smallest absolute Gasteiger partial charge is 0.768 e. The maximum Gasteiger partial charge on any atom is 1.00 e. The molecule has 0 aliphatic heterocycles. The van der Waals surface area contributed by atoms with Crippen LogP contribution in [-0.2, 0) is 11.1 Å². The maximum absolute atomic E-state index is 12.2. The maximum atomic E-state index is 12.2. The number of alkyl halides is 2. The summed E-state index contributed by atoms with van der Waals surface area (Å²) in [4.78, 5) is -0.195. The average Bonchev–Trinajstić information content (AvgIpc) is 2.04. The topological polar surface area (TPSA) is 40.1 Å². The van der Waals surface area contributed by atoms with Crippen LogP contribution in [0.25, 0.3) is 0 Å². The van der Waals surface area contributed by atoms with Crippen LogP contribution in [0.15, 0.2) is 23.1 Å². The minimum absolute atomic E-state index is 0. The van der Waals surface area contributed by atoms with Gasteiger partial charge in [0.2, 0.25) is 0 Å². The van der Waals surface area contributed by atoms with Gasteiger partial charge < -0.3 is 4.55 Å². The predicted octanol–water partition coefficient (Wildman–Crippen LogP) is -0.480. The second-order valence-corrected chi connectivity index (χ2v) is 3.57. The van der Waals surface area contributed by atoms with Gasteiger partial charge in [0.1, 0.15) is 0 Å².